The molecule has 3 amide bonds. The minimum Gasteiger partial charge on any atom is -0.443 e. The van der Waals surface area contributed by atoms with Crippen LogP contribution in [0.5, 0.6) is 0 Å². The van der Waals surface area contributed by atoms with Crippen LogP contribution in [-0.4, -0.2) is 76.7 Å². The predicted molar refractivity (Wildman–Crippen MR) is 137 cm³/mol. The third-order valence-corrected chi connectivity index (χ3v) is 5.71. The molecular weight excluding hydrogens is 494 g/mol. The van der Waals surface area contributed by atoms with E-state index in [1.807, 2.05) is 0 Å². The van der Waals surface area contributed by atoms with Crippen molar-refractivity contribution < 1.29 is 33.3 Å². The average Bonchev–Trinajstić information content (AvgIpc) is 3.26. The molecule has 12 nitrogen and oxygen atoms in total. The molecule has 0 radical (unpaired) electrons. The van der Waals surface area contributed by atoms with Crippen molar-refractivity contribution in [3.63, 3.8) is 0 Å². The number of carbonyl (C=O) groups is 3. The monoisotopic (exact) mass is 529 g/mol. The molecule has 2 N–H and O–H groups in total. The molecule has 1 fully saturated rings. The number of aromatic amines is 1. The largest absolute Gasteiger partial charge is 0.443 e. The molecule has 0 bridgehead atoms. The molecule has 2 aliphatic rings. The molecule has 2 aliphatic heterocycles. The lowest BCUT2D eigenvalue weighted by Gasteiger charge is -2.29. The second kappa shape index (κ2) is 10.7. The number of rotatable bonds is 4. The van der Waals surface area contributed by atoms with Crippen molar-refractivity contribution in [3.05, 3.63) is 29.6 Å². The fourth-order valence-electron chi connectivity index (χ4n) is 4.18. The molecular formula is C26H35N5O7. The molecule has 4 rings (SSSR count). The van der Waals surface area contributed by atoms with Gasteiger partial charge < -0.3 is 29.2 Å². The highest BCUT2D eigenvalue weighted by Gasteiger charge is 2.35. The zero-order chi connectivity index (χ0) is 27.7. The molecule has 0 aliphatic carbocycles. The Kier molecular flexibility index (Phi) is 7.75. The minimum absolute atomic E-state index is 0.00974. The van der Waals surface area contributed by atoms with E-state index in [2.05, 4.69) is 20.3 Å². The van der Waals surface area contributed by atoms with Gasteiger partial charge in [0, 0.05) is 24.4 Å². The number of aromatic nitrogens is 3. The number of fused-ring (bicyclic) bond motifs is 1. The fourth-order valence-corrected chi connectivity index (χ4v) is 4.18. The van der Waals surface area contributed by atoms with Gasteiger partial charge in [0.2, 0.25) is 5.95 Å². The predicted octanol–water partition coefficient (Wildman–Crippen LogP) is 3.78. The van der Waals surface area contributed by atoms with Gasteiger partial charge in [-0.05, 0) is 60.1 Å². The van der Waals surface area contributed by atoms with Crippen LogP contribution in [-0.2, 0) is 18.9 Å². The van der Waals surface area contributed by atoms with Crippen molar-refractivity contribution in [2.24, 2.45) is 0 Å². The fraction of sp³-hybridized carbons (Fsp3) is 0.577. The first-order chi connectivity index (χ1) is 17.8. The van der Waals surface area contributed by atoms with E-state index in [1.165, 1.54) is 6.20 Å². The molecule has 2 atom stereocenters. The third-order valence-electron chi connectivity index (χ3n) is 5.71. The number of hydrogen-bond donors (Lipinski definition) is 2. The Hall–Kier alpha value is -3.51. The molecule has 38 heavy (non-hydrogen) atoms. The number of nitrogens with one attached hydrogen (secondary N) is 2. The number of amides is 3. The molecule has 206 valence electrons. The van der Waals surface area contributed by atoms with Crippen LogP contribution in [0.15, 0.2) is 18.3 Å². The van der Waals surface area contributed by atoms with Gasteiger partial charge in [0.1, 0.15) is 11.2 Å². The van der Waals surface area contributed by atoms with Crippen molar-refractivity contribution in [1.29, 1.82) is 0 Å². The summed E-state index contributed by atoms with van der Waals surface area (Å²) in [6.45, 7) is 12.2. The average molecular weight is 530 g/mol. The first-order valence-corrected chi connectivity index (χ1v) is 12.6. The number of ether oxygens (including phenoxy) is 4. The summed E-state index contributed by atoms with van der Waals surface area (Å²) in [6.07, 6.45) is 0.0926. The van der Waals surface area contributed by atoms with E-state index in [0.29, 0.717) is 54.6 Å². The first kappa shape index (κ1) is 27.5. The molecule has 0 saturated carbocycles. The van der Waals surface area contributed by atoms with Gasteiger partial charge in [0.05, 0.1) is 42.9 Å². The van der Waals surface area contributed by atoms with Gasteiger partial charge in [-0.15, -0.1) is 4.90 Å². The SMILES string of the molecule is CC(C)(C)OC(=O)N(C(=O)OC(C)(C)C)c1nccc(-c2cc3c([nH]2)C(CC2COCCO2)CNC3=O)n1. The lowest BCUT2D eigenvalue weighted by molar-refractivity contribution is -0.0928. The van der Waals surface area contributed by atoms with Gasteiger partial charge in [0.25, 0.3) is 5.91 Å². The van der Waals surface area contributed by atoms with E-state index in [-0.39, 0.29) is 23.9 Å². The Morgan fingerprint density at radius 1 is 1.11 bits per heavy atom. The molecule has 2 unspecified atom stereocenters. The highest BCUT2D eigenvalue weighted by molar-refractivity contribution is 6.08. The minimum atomic E-state index is -0.969. The summed E-state index contributed by atoms with van der Waals surface area (Å²) < 4.78 is 22.2. The summed E-state index contributed by atoms with van der Waals surface area (Å²) >= 11 is 0. The van der Waals surface area contributed by atoms with Gasteiger partial charge in [-0.25, -0.2) is 19.6 Å². The summed E-state index contributed by atoms with van der Waals surface area (Å²) in [7, 11) is 0. The van der Waals surface area contributed by atoms with E-state index in [1.54, 1.807) is 53.7 Å². The quantitative estimate of drug-likeness (QED) is 0.604. The number of imide groups is 1. The summed E-state index contributed by atoms with van der Waals surface area (Å²) in [5.41, 5.74) is 0.449. The van der Waals surface area contributed by atoms with Crippen molar-refractivity contribution in [2.75, 3.05) is 31.3 Å². The topological polar surface area (TPSA) is 145 Å². The molecule has 0 spiro atoms. The van der Waals surface area contributed by atoms with Gasteiger partial charge in [-0.2, -0.15) is 0 Å². The standard InChI is InChI=1S/C26H35N5O7/c1-25(2,3)37-23(33)31(24(34)38-26(4,5)6)22-27-8-7-18(30-22)19-12-17-20(29-19)15(13-28-21(17)32)11-16-14-35-9-10-36-16/h7-8,12,15-16,29H,9-11,13-14H2,1-6H3,(H,28,32). The van der Waals surface area contributed by atoms with Crippen LogP contribution in [0.1, 0.15) is 69.9 Å². The Labute approximate surface area is 221 Å². The summed E-state index contributed by atoms with van der Waals surface area (Å²) in [4.78, 5) is 51.2. The molecule has 1 saturated heterocycles. The summed E-state index contributed by atoms with van der Waals surface area (Å²) in [6, 6.07) is 3.32. The summed E-state index contributed by atoms with van der Waals surface area (Å²) in [5, 5.41) is 2.93. The number of anilines is 1. The normalized spacial score (nSPS) is 19.8. The smallest absolute Gasteiger partial charge is 0.427 e. The Bertz CT molecular complexity index is 1160. The molecule has 2 aromatic rings. The number of carbonyl (C=O) groups excluding carboxylic acids is 3. The second-order valence-electron chi connectivity index (χ2n) is 11.3. The van der Waals surface area contributed by atoms with E-state index >= 15 is 0 Å². The second-order valence-corrected chi connectivity index (χ2v) is 11.3. The van der Waals surface area contributed by atoms with E-state index in [0.717, 1.165) is 5.69 Å². The summed E-state index contributed by atoms with van der Waals surface area (Å²) in [5.74, 6) is -0.421. The van der Waals surface area contributed by atoms with Crippen molar-refractivity contribution >= 4 is 24.0 Å². The molecule has 4 heterocycles. The van der Waals surface area contributed by atoms with Crippen molar-refractivity contribution in [1.82, 2.24) is 20.3 Å². The van der Waals surface area contributed by atoms with E-state index in [4.69, 9.17) is 18.9 Å². The molecule has 12 heteroatoms. The highest BCUT2D eigenvalue weighted by Crippen LogP contribution is 2.32. The van der Waals surface area contributed by atoms with Crippen LogP contribution in [0.3, 0.4) is 0 Å². The number of nitrogens with zero attached hydrogens (tertiary/aromatic N) is 3. The maximum absolute atomic E-state index is 13.0. The Balaban J connectivity index is 1.65. The van der Waals surface area contributed by atoms with Crippen LogP contribution in [0.25, 0.3) is 11.4 Å². The number of H-pyrrole nitrogens is 1. The van der Waals surface area contributed by atoms with Gasteiger partial charge >= 0.3 is 12.2 Å². The van der Waals surface area contributed by atoms with Crippen molar-refractivity contribution in [3.8, 4) is 11.4 Å². The molecule has 2 aromatic heterocycles. The lowest BCUT2D eigenvalue weighted by Crippen LogP contribution is -2.44. The van der Waals surface area contributed by atoms with Crippen LogP contribution < -0.4 is 10.2 Å². The van der Waals surface area contributed by atoms with Crippen LogP contribution in [0, 0.1) is 0 Å². The Morgan fingerprint density at radius 3 is 2.39 bits per heavy atom. The Morgan fingerprint density at radius 2 is 1.79 bits per heavy atom. The zero-order valence-corrected chi connectivity index (χ0v) is 22.6. The van der Waals surface area contributed by atoms with Gasteiger partial charge in [0.15, 0.2) is 0 Å². The van der Waals surface area contributed by atoms with Gasteiger partial charge in [-0.3, -0.25) is 4.79 Å². The van der Waals surface area contributed by atoms with Crippen LogP contribution >= 0.6 is 0 Å². The van der Waals surface area contributed by atoms with Gasteiger partial charge in [-0.1, -0.05) is 0 Å². The zero-order valence-electron chi connectivity index (χ0n) is 22.6. The third kappa shape index (κ3) is 6.67. The van der Waals surface area contributed by atoms with E-state index < -0.39 is 23.4 Å². The first-order valence-electron chi connectivity index (χ1n) is 12.6. The highest BCUT2D eigenvalue weighted by atomic mass is 16.6. The molecule has 0 aromatic carbocycles. The van der Waals surface area contributed by atoms with Crippen molar-refractivity contribution in [2.45, 2.75) is 71.2 Å². The van der Waals surface area contributed by atoms with Crippen LogP contribution in [0.4, 0.5) is 15.5 Å². The van der Waals surface area contributed by atoms with Crippen LogP contribution in [0.2, 0.25) is 0 Å². The van der Waals surface area contributed by atoms with E-state index in [9.17, 15) is 14.4 Å². The maximum atomic E-state index is 13.0. The maximum Gasteiger partial charge on any atom is 0.427 e. The number of hydrogen-bond acceptors (Lipinski definition) is 9. The lowest BCUT2D eigenvalue weighted by atomic mass is 9.92.